The highest BCUT2D eigenvalue weighted by molar-refractivity contribution is 8.02. The van der Waals surface area contributed by atoms with Crippen molar-refractivity contribution in [2.45, 2.75) is 50.8 Å². The van der Waals surface area contributed by atoms with Crippen LogP contribution in [0, 0.1) is 13.8 Å². The predicted octanol–water partition coefficient (Wildman–Crippen LogP) is 4.04. The Morgan fingerprint density at radius 1 is 1.05 bits per heavy atom. The molecule has 0 N–H and O–H groups in total. The van der Waals surface area contributed by atoms with E-state index in [-0.39, 0.29) is 10.8 Å². The zero-order chi connectivity index (χ0) is 13.5. The first-order chi connectivity index (χ1) is 9.11. The van der Waals surface area contributed by atoms with Gasteiger partial charge >= 0.3 is 0 Å². The van der Waals surface area contributed by atoms with Crippen LogP contribution in [0.2, 0.25) is 0 Å². The minimum atomic E-state index is 0.0512. The quantitative estimate of drug-likeness (QED) is 0.771. The molecule has 0 atom stereocenters. The maximum Gasteiger partial charge on any atom is 0.238 e. The lowest BCUT2D eigenvalue weighted by atomic mass is 9.92. The highest BCUT2D eigenvalue weighted by Gasteiger charge is 2.47. The van der Waals surface area contributed by atoms with Crippen LogP contribution in [-0.4, -0.2) is 16.5 Å². The molecule has 3 rings (SSSR count). The van der Waals surface area contributed by atoms with Gasteiger partial charge in [0, 0.05) is 5.69 Å². The molecule has 1 aliphatic heterocycles. The molecule has 1 amide bonds. The highest BCUT2D eigenvalue weighted by Crippen LogP contribution is 2.49. The number of amides is 1. The molecule has 1 saturated heterocycles. The van der Waals surface area contributed by atoms with Gasteiger partial charge < -0.3 is 0 Å². The van der Waals surface area contributed by atoms with Gasteiger partial charge in [-0.15, -0.1) is 11.8 Å². The van der Waals surface area contributed by atoms with E-state index >= 15 is 0 Å². The first-order valence-electron chi connectivity index (χ1n) is 7.16. The van der Waals surface area contributed by atoms with Crippen molar-refractivity contribution in [3.8, 4) is 0 Å². The van der Waals surface area contributed by atoms with Gasteiger partial charge in [-0.05, 0) is 49.9 Å². The first kappa shape index (κ1) is 13.0. The smallest absolute Gasteiger partial charge is 0.238 e. The Bertz CT molecular complexity index is 485. The third-order valence-corrected chi connectivity index (χ3v) is 5.74. The number of benzene rings is 1. The van der Waals surface area contributed by atoms with Crippen molar-refractivity contribution in [2.75, 3.05) is 10.7 Å². The average Bonchev–Trinajstić information content (AvgIpc) is 2.66. The molecule has 1 aromatic carbocycles. The van der Waals surface area contributed by atoms with Crippen LogP contribution in [-0.2, 0) is 4.79 Å². The molecular formula is C16H21NOS. The van der Waals surface area contributed by atoms with Gasteiger partial charge in [-0.2, -0.15) is 0 Å². The third-order valence-electron chi connectivity index (χ3n) is 4.22. The summed E-state index contributed by atoms with van der Waals surface area (Å²) in [6.45, 7) is 4.22. The molecule has 1 heterocycles. The topological polar surface area (TPSA) is 20.3 Å². The fourth-order valence-electron chi connectivity index (χ4n) is 3.48. The largest absolute Gasteiger partial charge is 0.296 e. The highest BCUT2D eigenvalue weighted by atomic mass is 32.2. The van der Waals surface area contributed by atoms with Crippen molar-refractivity contribution in [3.63, 3.8) is 0 Å². The average molecular weight is 275 g/mol. The maximum atomic E-state index is 12.4. The number of thioether (sulfide) groups is 1. The van der Waals surface area contributed by atoms with Gasteiger partial charge in [-0.1, -0.05) is 25.3 Å². The second kappa shape index (κ2) is 4.86. The number of hydrogen-bond acceptors (Lipinski definition) is 2. The standard InChI is InChI=1S/C16H21NOS/c1-12-8-13(2)10-14(9-12)17-15(18)11-19-16(17)6-4-3-5-7-16/h8-10H,3-7,11H2,1-2H3. The second-order valence-electron chi connectivity index (χ2n) is 5.87. The fraction of sp³-hybridized carbons (Fsp3) is 0.562. The number of aryl methyl sites for hydroxylation is 2. The molecule has 2 fully saturated rings. The van der Waals surface area contributed by atoms with Crippen molar-refractivity contribution in [1.82, 2.24) is 0 Å². The zero-order valence-electron chi connectivity index (χ0n) is 11.7. The third kappa shape index (κ3) is 2.29. The van der Waals surface area contributed by atoms with E-state index in [9.17, 15) is 4.79 Å². The molecule has 1 spiro atoms. The van der Waals surface area contributed by atoms with E-state index in [1.165, 1.54) is 30.4 Å². The minimum absolute atomic E-state index is 0.0512. The molecule has 2 nitrogen and oxygen atoms in total. The number of carbonyl (C=O) groups is 1. The molecule has 2 aliphatic rings. The monoisotopic (exact) mass is 275 g/mol. The van der Waals surface area contributed by atoms with Gasteiger partial charge in [0.2, 0.25) is 5.91 Å². The van der Waals surface area contributed by atoms with Crippen LogP contribution in [0.4, 0.5) is 5.69 Å². The Kier molecular flexibility index (Phi) is 3.34. The maximum absolute atomic E-state index is 12.4. The van der Waals surface area contributed by atoms with Crippen LogP contribution in [0.25, 0.3) is 0 Å². The lowest BCUT2D eigenvalue weighted by Gasteiger charge is -2.40. The lowest BCUT2D eigenvalue weighted by Crippen LogP contribution is -2.45. The summed E-state index contributed by atoms with van der Waals surface area (Å²) in [5.74, 6) is 0.935. The van der Waals surface area contributed by atoms with E-state index in [1.807, 2.05) is 11.8 Å². The summed E-state index contributed by atoms with van der Waals surface area (Å²) >= 11 is 1.86. The van der Waals surface area contributed by atoms with Crippen LogP contribution in [0.1, 0.15) is 43.2 Å². The Labute approximate surface area is 119 Å². The zero-order valence-corrected chi connectivity index (χ0v) is 12.6. The molecule has 19 heavy (non-hydrogen) atoms. The van der Waals surface area contributed by atoms with E-state index < -0.39 is 0 Å². The van der Waals surface area contributed by atoms with Gasteiger partial charge in [0.15, 0.2) is 0 Å². The Balaban J connectivity index is 2.02. The van der Waals surface area contributed by atoms with Crippen molar-refractivity contribution < 1.29 is 4.79 Å². The van der Waals surface area contributed by atoms with E-state index in [4.69, 9.17) is 0 Å². The minimum Gasteiger partial charge on any atom is -0.296 e. The number of anilines is 1. The summed E-state index contributed by atoms with van der Waals surface area (Å²) in [5.41, 5.74) is 3.59. The van der Waals surface area contributed by atoms with Gasteiger partial charge in [-0.3, -0.25) is 9.69 Å². The summed E-state index contributed by atoms with van der Waals surface area (Å²) in [4.78, 5) is 14.5. The number of hydrogen-bond donors (Lipinski definition) is 0. The molecule has 3 heteroatoms. The Hall–Kier alpha value is -0.960. The summed E-state index contributed by atoms with van der Waals surface area (Å²) in [5, 5.41) is 0. The van der Waals surface area contributed by atoms with E-state index in [0.29, 0.717) is 5.75 Å². The van der Waals surface area contributed by atoms with Crippen molar-refractivity contribution in [2.24, 2.45) is 0 Å². The predicted molar refractivity (Wildman–Crippen MR) is 81.7 cm³/mol. The van der Waals surface area contributed by atoms with Gasteiger partial charge in [0.25, 0.3) is 0 Å². The summed E-state index contributed by atoms with van der Waals surface area (Å²) in [6.07, 6.45) is 6.12. The molecule has 1 saturated carbocycles. The van der Waals surface area contributed by atoms with Crippen molar-refractivity contribution >= 4 is 23.4 Å². The molecule has 1 aliphatic carbocycles. The Morgan fingerprint density at radius 2 is 1.68 bits per heavy atom. The summed E-state index contributed by atoms with van der Waals surface area (Å²) in [6, 6.07) is 6.49. The van der Waals surface area contributed by atoms with Crippen LogP contribution >= 0.6 is 11.8 Å². The van der Waals surface area contributed by atoms with Crippen LogP contribution in [0.15, 0.2) is 18.2 Å². The molecular weight excluding hydrogens is 254 g/mol. The van der Waals surface area contributed by atoms with Crippen molar-refractivity contribution in [3.05, 3.63) is 29.3 Å². The molecule has 0 bridgehead atoms. The van der Waals surface area contributed by atoms with Gasteiger partial charge in [0.1, 0.15) is 0 Å². The number of carbonyl (C=O) groups excluding carboxylic acids is 1. The molecule has 102 valence electrons. The summed E-state index contributed by atoms with van der Waals surface area (Å²) < 4.78 is 0. The van der Waals surface area contributed by atoms with Crippen LogP contribution in [0.3, 0.4) is 0 Å². The lowest BCUT2D eigenvalue weighted by molar-refractivity contribution is -0.116. The summed E-state index contributed by atoms with van der Waals surface area (Å²) in [7, 11) is 0. The van der Waals surface area contributed by atoms with Crippen LogP contribution in [0.5, 0.6) is 0 Å². The molecule has 0 unspecified atom stereocenters. The SMILES string of the molecule is Cc1cc(C)cc(N2C(=O)CSC23CCCCC3)c1. The van der Waals surface area contributed by atoms with E-state index in [1.54, 1.807) is 0 Å². The van der Waals surface area contributed by atoms with Crippen molar-refractivity contribution in [1.29, 1.82) is 0 Å². The second-order valence-corrected chi connectivity index (χ2v) is 7.21. The first-order valence-corrected chi connectivity index (χ1v) is 8.15. The molecule has 0 radical (unpaired) electrons. The van der Waals surface area contributed by atoms with E-state index in [2.05, 4.69) is 36.9 Å². The van der Waals surface area contributed by atoms with Gasteiger partial charge in [-0.25, -0.2) is 0 Å². The molecule has 0 aromatic heterocycles. The number of rotatable bonds is 1. The van der Waals surface area contributed by atoms with Gasteiger partial charge in [0.05, 0.1) is 10.6 Å². The normalized spacial score (nSPS) is 22.2. The Morgan fingerprint density at radius 3 is 2.32 bits per heavy atom. The van der Waals surface area contributed by atoms with Crippen LogP contribution < -0.4 is 4.90 Å². The number of nitrogens with zero attached hydrogens (tertiary/aromatic N) is 1. The van der Waals surface area contributed by atoms with E-state index in [0.717, 1.165) is 18.5 Å². The fourth-order valence-corrected chi connectivity index (χ4v) is 4.92. The molecule has 1 aromatic rings.